The predicted octanol–water partition coefficient (Wildman–Crippen LogP) is 5.16. The monoisotopic (exact) mass is 504 g/mol. The molecule has 4 aromatic rings. The van der Waals surface area contributed by atoms with E-state index in [4.69, 9.17) is 14.9 Å². The van der Waals surface area contributed by atoms with Gasteiger partial charge in [0.2, 0.25) is 6.35 Å². The van der Waals surface area contributed by atoms with E-state index in [1.165, 1.54) is 12.1 Å². The van der Waals surface area contributed by atoms with Crippen LogP contribution in [0.4, 0.5) is 15.9 Å². The minimum absolute atomic E-state index is 0.0139. The SMILES string of the molecule is O=C(O)COc1ccc(NC(O)N(c2c3ccccc3nn2-c2ccccc2)C2CCCCC2)c(F)c1. The summed E-state index contributed by atoms with van der Waals surface area (Å²) >= 11 is 0. The Kier molecular flexibility index (Phi) is 7.23. The number of carbonyl (C=O) groups is 1. The second-order valence-electron chi connectivity index (χ2n) is 9.13. The molecule has 3 aromatic carbocycles. The highest BCUT2D eigenvalue weighted by Gasteiger charge is 2.32. The molecule has 9 heteroatoms. The molecule has 37 heavy (non-hydrogen) atoms. The number of carboxylic acid groups (broad SMARTS) is 1. The van der Waals surface area contributed by atoms with Crippen molar-refractivity contribution in [2.45, 2.75) is 44.5 Å². The van der Waals surface area contributed by atoms with E-state index in [9.17, 15) is 14.3 Å². The number of carboxylic acids is 1. The quantitative estimate of drug-likeness (QED) is 0.271. The number of benzene rings is 3. The van der Waals surface area contributed by atoms with Crippen LogP contribution >= 0.6 is 0 Å². The predicted molar refractivity (Wildman–Crippen MR) is 140 cm³/mol. The molecular formula is C28H29FN4O4. The van der Waals surface area contributed by atoms with Crippen LogP contribution in [0.3, 0.4) is 0 Å². The maximum absolute atomic E-state index is 14.9. The van der Waals surface area contributed by atoms with Gasteiger partial charge in [0.25, 0.3) is 0 Å². The molecule has 1 heterocycles. The molecule has 0 radical (unpaired) electrons. The number of hydrogen-bond acceptors (Lipinski definition) is 6. The fourth-order valence-corrected chi connectivity index (χ4v) is 4.92. The lowest BCUT2D eigenvalue weighted by molar-refractivity contribution is -0.139. The molecule has 0 bridgehead atoms. The summed E-state index contributed by atoms with van der Waals surface area (Å²) in [5, 5.41) is 29.0. The smallest absolute Gasteiger partial charge is 0.341 e. The molecule has 0 amide bonds. The van der Waals surface area contributed by atoms with E-state index >= 15 is 0 Å². The van der Waals surface area contributed by atoms with Crippen molar-refractivity contribution in [2.75, 3.05) is 16.8 Å². The Morgan fingerprint density at radius 3 is 2.54 bits per heavy atom. The molecule has 0 spiro atoms. The minimum Gasteiger partial charge on any atom is -0.482 e. The molecule has 1 atom stereocenters. The number of halogens is 1. The number of ether oxygens (including phenoxy) is 1. The topological polar surface area (TPSA) is 99.8 Å². The van der Waals surface area contributed by atoms with Crippen LogP contribution in [0.25, 0.3) is 16.6 Å². The molecule has 0 aliphatic heterocycles. The largest absolute Gasteiger partial charge is 0.482 e. The average molecular weight is 505 g/mol. The van der Waals surface area contributed by atoms with Crippen LogP contribution in [0, 0.1) is 5.82 Å². The number of nitrogens with zero attached hydrogens (tertiary/aromatic N) is 3. The van der Waals surface area contributed by atoms with Crippen molar-refractivity contribution in [1.82, 2.24) is 9.78 Å². The van der Waals surface area contributed by atoms with Gasteiger partial charge in [0.05, 0.1) is 16.9 Å². The molecule has 1 fully saturated rings. The second-order valence-corrected chi connectivity index (χ2v) is 9.13. The van der Waals surface area contributed by atoms with Crippen LogP contribution in [0.5, 0.6) is 5.75 Å². The number of aliphatic hydroxyl groups is 1. The number of rotatable bonds is 9. The summed E-state index contributed by atoms with van der Waals surface area (Å²) in [4.78, 5) is 12.7. The maximum Gasteiger partial charge on any atom is 0.341 e. The molecule has 1 saturated carbocycles. The molecule has 0 saturated heterocycles. The van der Waals surface area contributed by atoms with Gasteiger partial charge in [0, 0.05) is 17.5 Å². The number of aliphatic carboxylic acids is 1. The normalized spacial score (nSPS) is 14.9. The van der Waals surface area contributed by atoms with Crippen molar-refractivity contribution < 1.29 is 24.1 Å². The number of fused-ring (bicyclic) bond motifs is 1. The molecular weight excluding hydrogens is 475 g/mol. The zero-order valence-corrected chi connectivity index (χ0v) is 20.3. The van der Waals surface area contributed by atoms with Crippen LogP contribution in [-0.4, -0.2) is 45.0 Å². The lowest BCUT2D eigenvalue weighted by atomic mass is 9.94. The summed E-state index contributed by atoms with van der Waals surface area (Å²) in [5.74, 6) is -0.983. The molecule has 1 aromatic heterocycles. The van der Waals surface area contributed by atoms with E-state index in [-0.39, 0.29) is 17.5 Å². The second kappa shape index (κ2) is 10.9. The molecule has 1 aliphatic rings. The van der Waals surface area contributed by atoms with Gasteiger partial charge >= 0.3 is 5.97 Å². The first kappa shape index (κ1) is 24.6. The summed E-state index contributed by atoms with van der Waals surface area (Å²) in [5.41, 5.74) is 1.72. The van der Waals surface area contributed by atoms with Gasteiger partial charge in [0.15, 0.2) is 6.61 Å². The zero-order valence-electron chi connectivity index (χ0n) is 20.3. The van der Waals surface area contributed by atoms with E-state index in [1.807, 2.05) is 64.2 Å². The first-order valence-electron chi connectivity index (χ1n) is 12.4. The van der Waals surface area contributed by atoms with Crippen molar-refractivity contribution in [3.63, 3.8) is 0 Å². The van der Waals surface area contributed by atoms with Crippen molar-refractivity contribution in [2.24, 2.45) is 0 Å². The van der Waals surface area contributed by atoms with Crippen molar-refractivity contribution in [1.29, 1.82) is 0 Å². The van der Waals surface area contributed by atoms with Crippen molar-refractivity contribution in [3.8, 4) is 11.4 Å². The first-order chi connectivity index (χ1) is 18.0. The third-order valence-corrected chi connectivity index (χ3v) is 6.62. The van der Waals surface area contributed by atoms with Gasteiger partial charge in [-0.3, -0.25) is 0 Å². The maximum atomic E-state index is 14.9. The third kappa shape index (κ3) is 5.36. The Hall–Kier alpha value is -4.11. The van der Waals surface area contributed by atoms with E-state index in [0.29, 0.717) is 0 Å². The summed E-state index contributed by atoms with van der Waals surface area (Å²) in [6.45, 7) is -0.569. The van der Waals surface area contributed by atoms with Crippen molar-refractivity contribution in [3.05, 3.63) is 78.6 Å². The molecule has 8 nitrogen and oxygen atoms in total. The zero-order chi connectivity index (χ0) is 25.8. The Bertz CT molecular complexity index is 1370. The standard InChI is InChI=1S/C28H29FN4O4/c29-23-17-21(37-18-26(34)35)15-16-25(23)30-28(36)32(19-9-3-1-4-10-19)27-22-13-7-8-14-24(22)31-33(27)20-11-5-2-6-12-20/h2,5-8,11-17,19,28,30,36H,1,3-4,9-10,18H2,(H,34,35). The molecule has 192 valence electrons. The summed E-state index contributed by atoms with van der Waals surface area (Å²) < 4.78 is 21.9. The van der Waals surface area contributed by atoms with Crippen LogP contribution in [0.1, 0.15) is 32.1 Å². The fourth-order valence-electron chi connectivity index (χ4n) is 4.92. The van der Waals surface area contributed by atoms with Crippen molar-refractivity contribution >= 4 is 28.4 Å². The van der Waals surface area contributed by atoms with Crippen LogP contribution in [-0.2, 0) is 4.79 Å². The number of anilines is 2. The summed E-state index contributed by atoms with van der Waals surface area (Å²) in [6.07, 6.45) is 3.73. The van der Waals surface area contributed by atoms with Gasteiger partial charge in [0.1, 0.15) is 17.4 Å². The Labute approximate surface area is 213 Å². The van der Waals surface area contributed by atoms with Gasteiger partial charge in [-0.15, -0.1) is 0 Å². The highest BCUT2D eigenvalue weighted by Crippen LogP contribution is 2.36. The van der Waals surface area contributed by atoms with E-state index in [2.05, 4.69) is 5.32 Å². The number of aliphatic hydroxyl groups excluding tert-OH is 1. The Balaban J connectivity index is 1.54. The van der Waals surface area contributed by atoms with E-state index < -0.39 is 24.7 Å². The van der Waals surface area contributed by atoms with E-state index in [1.54, 1.807) is 0 Å². The molecule has 1 aliphatic carbocycles. The molecule has 3 N–H and O–H groups in total. The van der Waals surface area contributed by atoms with Gasteiger partial charge in [-0.25, -0.2) is 13.9 Å². The lowest BCUT2D eigenvalue weighted by Gasteiger charge is -2.39. The minimum atomic E-state index is -1.26. The summed E-state index contributed by atoms with van der Waals surface area (Å²) in [6, 6.07) is 21.5. The number of nitrogens with one attached hydrogen (secondary N) is 1. The van der Waals surface area contributed by atoms with Gasteiger partial charge in [-0.1, -0.05) is 49.6 Å². The fraction of sp³-hybridized carbons (Fsp3) is 0.286. The van der Waals surface area contributed by atoms with Gasteiger partial charge < -0.3 is 25.2 Å². The van der Waals surface area contributed by atoms with Crippen LogP contribution < -0.4 is 15.0 Å². The molecule has 1 unspecified atom stereocenters. The Morgan fingerprint density at radius 2 is 1.81 bits per heavy atom. The van der Waals surface area contributed by atoms with Gasteiger partial charge in [-0.05, 0) is 49.2 Å². The van der Waals surface area contributed by atoms with Crippen LogP contribution in [0.2, 0.25) is 0 Å². The first-order valence-corrected chi connectivity index (χ1v) is 12.4. The third-order valence-electron chi connectivity index (χ3n) is 6.62. The number of para-hydroxylation sites is 1. The summed E-state index contributed by atoms with van der Waals surface area (Å²) in [7, 11) is 0. The van der Waals surface area contributed by atoms with Gasteiger partial charge in [-0.2, -0.15) is 5.10 Å². The van der Waals surface area contributed by atoms with Crippen LogP contribution in [0.15, 0.2) is 72.8 Å². The highest BCUT2D eigenvalue weighted by molar-refractivity contribution is 5.92. The number of hydrogen-bond donors (Lipinski definition) is 3. The highest BCUT2D eigenvalue weighted by atomic mass is 19.1. The lowest BCUT2D eigenvalue weighted by Crippen LogP contribution is -2.49. The molecule has 5 rings (SSSR count). The average Bonchev–Trinajstić information content (AvgIpc) is 3.29. The van der Waals surface area contributed by atoms with E-state index in [0.717, 1.165) is 60.6 Å². The Morgan fingerprint density at radius 1 is 1.08 bits per heavy atom. The number of aromatic nitrogens is 2.